The van der Waals surface area contributed by atoms with Gasteiger partial charge in [0.15, 0.2) is 0 Å². The summed E-state index contributed by atoms with van der Waals surface area (Å²) in [5, 5.41) is 0.892. The first kappa shape index (κ1) is 15.4. The molecule has 0 aliphatic carbocycles. The standard InChI is InChI=1S/C19H20FNO2/c1-13(2)21-16(10-14-9-15(20)7-8-19(14)21)12-23-18-6-4-5-17(11-18)22-3/h4-11,13H,12H2,1-3H3. The van der Waals surface area contributed by atoms with Crippen molar-refractivity contribution in [3.8, 4) is 11.5 Å². The van der Waals surface area contributed by atoms with Crippen molar-refractivity contribution in [3.63, 3.8) is 0 Å². The lowest BCUT2D eigenvalue weighted by molar-refractivity contribution is 0.291. The summed E-state index contributed by atoms with van der Waals surface area (Å²) in [6, 6.07) is 14.6. The summed E-state index contributed by atoms with van der Waals surface area (Å²) >= 11 is 0. The first-order chi connectivity index (χ1) is 11.1. The average Bonchev–Trinajstić information content (AvgIpc) is 2.90. The van der Waals surface area contributed by atoms with E-state index in [4.69, 9.17) is 9.47 Å². The van der Waals surface area contributed by atoms with Crippen molar-refractivity contribution >= 4 is 10.9 Å². The zero-order valence-electron chi connectivity index (χ0n) is 13.5. The third-order valence-corrected chi connectivity index (χ3v) is 3.82. The molecule has 0 saturated heterocycles. The molecule has 3 aromatic rings. The van der Waals surface area contributed by atoms with Crippen LogP contribution < -0.4 is 9.47 Å². The minimum absolute atomic E-state index is 0.223. The van der Waals surface area contributed by atoms with Crippen molar-refractivity contribution in [2.45, 2.75) is 26.5 Å². The fourth-order valence-corrected chi connectivity index (χ4v) is 2.83. The predicted octanol–water partition coefficient (Wildman–Crippen LogP) is 4.95. The first-order valence-corrected chi connectivity index (χ1v) is 7.64. The predicted molar refractivity (Wildman–Crippen MR) is 89.6 cm³/mol. The molecule has 0 unspecified atom stereocenters. The Kier molecular flexibility index (Phi) is 4.24. The largest absolute Gasteiger partial charge is 0.497 e. The monoisotopic (exact) mass is 313 g/mol. The Morgan fingerprint density at radius 1 is 1.04 bits per heavy atom. The number of ether oxygens (including phenoxy) is 2. The molecule has 0 amide bonds. The van der Waals surface area contributed by atoms with Gasteiger partial charge in [-0.25, -0.2) is 4.39 Å². The van der Waals surface area contributed by atoms with Crippen LogP contribution in [0.25, 0.3) is 10.9 Å². The fraction of sp³-hybridized carbons (Fsp3) is 0.263. The van der Waals surface area contributed by atoms with Gasteiger partial charge in [-0.15, -0.1) is 0 Å². The van der Waals surface area contributed by atoms with Crippen LogP contribution in [-0.4, -0.2) is 11.7 Å². The van der Waals surface area contributed by atoms with Gasteiger partial charge < -0.3 is 14.0 Å². The summed E-state index contributed by atoms with van der Waals surface area (Å²) in [4.78, 5) is 0. The maximum absolute atomic E-state index is 13.5. The number of fused-ring (bicyclic) bond motifs is 1. The molecule has 0 spiro atoms. The van der Waals surface area contributed by atoms with E-state index in [2.05, 4.69) is 18.4 Å². The molecular weight excluding hydrogens is 293 g/mol. The summed E-state index contributed by atoms with van der Waals surface area (Å²) in [6.45, 7) is 4.64. The van der Waals surface area contributed by atoms with E-state index in [1.165, 1.54) is 6.07 Å². The number of aromatic nitrogens is 1. The fourth-order valence-electron chi connectivity index (χ4n) is 2.83. The van der Waals surface area contributed by atoms with Crippen molar-refractivity contribution in [1.29, 1.82) is 0 Å². The lowest BCUT2D eigenvalue weighted by atomic mass is 10.2. The highest BCUT2D eigenvalue weighted by Gasteiger charge is 2.12. The lowest BCUT2D eigenvalue weighted by Gasteiger charge is -2.15. The lowest BCUT2D eigenvalue weighted by Crippen LogP contribution is -2.08. The molecule has 0 fully saturated rings. The molecule has 0 N–H and O–H groups in total. The van der Waals surface area contributed by atoms with Gasteiger partial charge in [0.25, 0.3) is 0 Å². The van der Waals surface area contributed by atoms with E-state index >= 15 is 0 Å². The van der Waals surface area contributed by atoms with Gasteiger partial charge in [0.2, 0.25) is 0 Å². The van der Waals surface area contributed by atoms with Crippen molar-refractivity contribution in [3.05, 3.63) is 60.0 Å². The molecule has 23 heavy (non-hydrogen) atoms. The van der Waals surface area contributed by atoms with Crippen molar-refractivity contribution in [1.82, 2.24) is 4.57 Å². The molecule has 0 aliphatic heterocycles. The number of rotatable bonds is 5. The van der Waals surface area contributed by atoms with Crippen LogP contribution in [0.3, 0.4) is 0 Å². The molecular formula is C19H20FNO2. The maximum atomic E-state index is 13.5. The second-order valence-electron chi connectivity index (χ2n) is 5.77. The third kappa shape index (κ3) is 3.16. The molecule has 3 nitrogen and oxygen atoms in total. The normalized spacial score (nSPS) is 11.2. The quantitative estimate of drug-likeness (QED) is 0.665. The number of benzene rings is 2. The van der Waals surface area contributed by atoms with Crippen LogP contribution in [0.2, 0.25) is 0 Å². The first-order valence-electron chi connectivity index (χ1n) is 7.64. The highest BCUT2D eigenvalue weighted by Crippen LogP contribution is 2.27. The van der Waals surface area contributed by atoms with Crippen LogP contribution in [0.5, 0.6) is 11.5 Å². The Morgan fingerprint density at radius 2 is 1.83 bits per heavy atom. The summed E-state index contributed by atoms with van der Waals surface area (Å²) in [6.07, 6.45) is 0. The van der Waals surface area contributed by atoms with Gasteiger partial charge in [-0.3, -0.25) is 0 Å². The Labute approximate surface area is 135 Å². The second kappa shape index (κ2) is 6.32. The minimum atomic E-state index is -0.223. The maximum Gasteiger partial charge on any atom is 0.128 e. The van der Waals surface area contributed by atoms with E-state index < -0.39 is 0 Å². The smallest absolute Gasteiger partial charge is 0.128 e. The van der Waals surface area contributed by atoms with Crippen molar-refractivity contribution in [2.24, 2.45) is 0 Å². The summed E-state index contributed by atoms with van der Waals surface area (Å²) in [5.74, 6) is 1.28. The molecule has 4 heteroatoms. The SMILES string of the molecule is COc1cccc(OCc2cc3cc(F)ccc3n2C(C)C)c1. The number of methoxy groups -OCH3 is 1. The molecule has 1 aromatic heterocycles. The van der Waals surface area contributed by atoms with Crippen LogP contribution >= 0.6 is 0 Å². The van der Waals surface area contributed by atoms with E-state index in [-0.39, 0.29) is 11.9 Å². The van der Waals surface area contributed by atoms with E-state index in [1.54, 1.807) is 13.2 Å². The highest BCUT2D eigenvalue weighted by atomic mass is 19.1. The zero-order valence-corrected chi connectivity index (χ0v) is 13.5. The zero-order chi connectivity index (χ0) is 16.4. The summed E-state index contributed by atoms with van der Waals surface area (Å²) < 4.78 is 26.7. The number of hydrogen-bond donors (Lipinski definition) is 0. The molecule has 0 bridgehead atoms. The highest BCUT2D eigenvalue weighted by molar-refractivity contribution is 5.81. The van der Waals surface area contributed by atoms with Crippen LogP contribution in [0.4, 0.5) is 4.39 Å². The molecule has 3 rings (SSSR count). The summed E-state index contributed by atoms with van der Waals surface area (Å²) in [5.41, 5.74) is 2.04. The van der Waals surface area contributed by atoms with Crippen LogP contribution in [0, 0.1) is 5.82 Å². The van der Waals surface area contributed by atoms with Gasteiger partial charge >= 0.3 is 0 Å². The molecule has 120 valence electrons. The summed E-state index contributed by atoms with van der Waals surface area (Å²) in [7, 11) is 1.63. The second-order valence-corrected chi connectivity index (χ2v) is 5.77. The Balaban J connectivity index is 1.91. The van der Waals surface area contributed by atoms with E-state index in [9.17, 15) is 4.39 Å². The topological polar surface area (TPSA) is 23.4 Å². The molecule has 0 saturated carbocycles. The van der Waals surface area contributed by atoms with Gasteiger partial charge in [0, 0.05) is 23.0 Å². The van der Waals surface area contributed by atoms with E-state index in [0.717, 1.165) is 28.1 Å². The van der Waals surface area contributed by atoms with Crippen LogP contribution in [0.15, 0.2) is 48.5 Å². The molecule has 1 heterocycles. The van der Waals surface area contributed by atoms with E-state index in [1.807, 2.05) is 36.4 Å². The average molecular weight is 313 g/mol. The number of hydrogen-bond acceptors (Lipinski definition) is 2. The van der Waals surface area contributed by atoms with Crippen molar-refractivity contribution < 1.29 is 13.9 Å². The van der Waals surface area contributed by atoms with Crippen molar-refractivity contribution in [2.75, 3.05) is 7.11 Å². The molecule has 0 aliphatic rings. The molecule has 0 atom stereocenters. The van der Waals surface area contributed by atoms with E-state index in [0.29, 0.717) is 6.61 Å². The van der Waals surface area contributed by atoms with Crippen LogP contribution in [-0.2, 0) is 6.61 Å². The minimum Gasteiger partial charge on any atom is -0.497 e. The number of halogens is 1. The Morgan fingerprint density at radius 3 is 2.57 bits per heavy atom. The van der Waals surface area contributed by atoms with Gasteiger partial charge in [-0.05, 0) is 50.2 Å². The van der Waals surface area contributed by atoms with Gasteiger partial charge in [-0.1, -0.05) is 6.07 Å². The van der Waals surface area contributed by atoms with Gasteiger partial charge in [-0.2, -0.15) is 0 Å². The molecule has 2 aromatic carbocycles. The van der Waals surface area contributed by atoms with Gasteiger partial charge in [0.05, 0.1) is 12.8 Å². The Hall–Kier alpha value is -2.49. The number of nitrogens with zero attached hydrogens (tertiary/aromatic N) is 1. The molecule has 0 radical (unpaired) electrons. The van der Waals surface area contributed by atoms with Gasteiger partial charge in [0.1, 0.15) is 23.9 Å². The third-order valence-electron chi connectivity index (χ3n) is 3.82. The Bertz CT molecular complexity index is 823. The van der Waals surface area contributed by atoms with Crippen LogP contribution in [0.1, 0.15) is 25.6 Å².